The van der Waals surface area contributed by atoms with Gasteiger partial charge in [-0.2, -0.15) is 0 Å². The summed E-state index contributed by atoms with van der Waals surface area (Å²) >= 11 is 11.9. The summed E-state index contributed by atoms with van der Waals surface area (Å²) < 4.78 is 26.7. The minimum absolute atomic E-state index is 0.0239. The van der Waals surface area contributed by atoms with Crippen LogP contribution in [0.4, 0.5) is 10.6 Å². The Bertz CT molecular complexity index is 1040. The van der Waals surface area contributed by atoms with Crippen LogP contribution >= 0.6 is 23.2 Å². The molecule has 0 radical (unpaired) electrons. The number of benzene rings is 1. The number of anilines is 1. The van der Waals surface area contributed by atoms with E-state index in [1.165, 1.54) is 41.4 Å². The second-order valence-corrected chi connectivity index (χ2v) is 8.70. The van der Waals surface area contributed by atoms with Crippen LogP contribution in [-0.4, -0.2) is 61.6 Å². The van der Waals surface area contributed by atoms with Crippen LogP contribution in [0.2, 0.25) is 10.0 Å². The maximum absolute atomic E-state index is 12.4. The quantitative estimate of drug-likeness (QED) is 0.720. The highest BCUT2D eigenvalue weighted by atomic mass is 35.5. The van der Waals surface area contributed by atoms with Crippen molar-refractivity contribution < 1.29 is 23.1 Å². The Hall–Kier alpha value is -2.56. The first-order chi connectivity index (χ1) is 13.7. The van der Waals surface area contributed by atoms with Crippen LogP contribution in [0, 0.1) is 0 Å². The number of carbonyl (C=O) groups excluding carboxylic acids is 1. The number of carbonyl (C=O) groups is 2. The van der Waals surface area contributed by atoms with Gasteiger partial charge in [-0.25, -0.2) is 27.7 Å². The number of urea groups is 1. The van der Waals surface area contributed by atoms with Crippen LogP contribution < -0.4 is 9.62 Å². The third kappa shape index (κ3) is 4.89. The van der Waals surface area contributed by atoms with Gasteiger partial charge in [0, 0.05) is 37.4 Å². The molecule has 0 spiro atoms. The molecule has 1 aromatic carbocycles. The molecule has 29 heavy (non-hydrogen) atoms. The smallest absolute Gasteiger partial charge is 0.337 e. The number of piperazine rings is 1. The van der Waals surface area contributed by atoms with E-state index in [1.807, 2.05) is 4.72 Å². The molecule has 1 fully saturated rings. The van der Waals surface area contributed by atoms with E-state index in [4.69, 9.17) is 28.3 Å². The molecule has 2 heterocycles. The fourth-order valence-electron chi connectivity index (χ4n) is 2.75. The van der Waals surface area contributed by atoms with Gasteiger partial charge in [-0.15, -0.1) is 0 Å². The van der Waals surface area contributed by atoms with Crippen molar-refractivity contribution in [1.29, 1.82) is 0 Å². The molecule has 0 aliphatic carbocycles. The number of carboxylic acid groups (broad SMARTS) is 1. The number of hydrogen-bond acceptors (Lipinski definition) is 6. The molecule has 3 rings (SSSR count). The molecule has 1 aliphatic heterocycles. The highest BCUT2D eigenvalue weighted by Gasteiger charge is 2.27. The van der Waals surface area contributed by atoms with Crippen molar-refractivity contribution in [3.8, 4) is 0 Å². The predicted octanol–water partition coefficient (Wildman–Crippen LogP) is 2.31. The normalized spacial score (nSPS) is 14.6. The van der Waals surface area contributed by atoms with E-state index in [1.54, 1.807) is 4.90 Å². The molecular formula is C17H16Cl2N4O5S. The maximum Gasteiger partial charge on any atom is 0.337 e. The van der Waals surface area contributed by atoms with Gasteiger partial charge in [0.1, 0.15) is 5.82 Å². The number of amides is 2. The Morgan fingerprint density at radius 3 is 2.24 bits per heavy atom. The minimum Gasteiger partial charge on any atom is -0.478 e. The number of pyridine rings is 1. The van der Waals surface area contributed by atoms with E-state index >= 15 is 0 Å². The number of hydrogen-bond donors (Lipinski definition) is 2. The van der Waals surface area contributed by atoms with E-state index in [-0.39, 0.29) is 28.6 Å². The molecule has 2 N–H and O–H groups in total. The molecule has 0 bridgehead atoms. The van der Waals surface area contributed by atoms with E-state index < -0.39 is 22.0 Å². The molecule has 154 valence electrons. The third-order valence-corrected chi connectivity index (χ3v) is 6.15. The summed E-state index contributed by atoms with van der Waals surface area (Å²) in [6.07, 6.45) is 1.21. The molecule has 2 amide bonds. The Kier molecular flexibility index (Phi) is 6.15. The van der Waals surface area contributed by atoms with Gasteiger partial charge in [-0.05, 0) is 30.3 Å². The zero-order chi connectivity index (χ0) is 21.2. The van der Waals surface area contributed by atoms with Crippen LogP contribution in [0.3, 0.4) is 0 Å². The van der Waals surface area contributed by atoms with Crippen molar-refractivity contribution in [2.45, 2.75) is 4.90 Å². The monoisotopic (exact) mass is 458 g/mol. The van der Waals surface area contributed by atoms with Crippen LogP contribution in [0.5, 0.6) is 0 Å². The summed E-state index contributed by atoms with van der Waals surface area (Å²) in [5.41, 5.74) is -0.0239. The van der Waals surface area contributed by atoms with Crippen molar-refractivity contribution in [2.24, 2.45) is 0 Å². The third-order valence-electron chi connectivity index (χ3n) is 4.28. The maximum atomic E-state index is 12.4. The average Bonchev–Trinajstić information content (AvgIpc) is 2.68. The number of nitrogens with one attached hydrogen (secondary N) is 1. The highest BCUT2D eigenvalue weighted by molar-refractivity contribution is 7.90. The van der Waals surface area contributed by atoms with Gasteiger partial charge in [-0.3, -0.25) is 0 Å². The van der Waals surface area contributed by atoms with E-state index in [9.17, 15) is 18.0 Å². The van der Waals surface area contributed by atoms with Crippen molar-refractivity contribution >= 4 is 51.0 Å². The van der Waals surface area contributed by atoms with Gasteiger partial charge in [-0.1, -0.05) is 23.2 Å². The lowest BCUT2D eigenvalue weighted by Crippen LogP contribution is -2.53. The molecule has 0 saturated carbocycles. The Labute approximate surface area is 176 Å². The number of halogens is 2. The van der Waals surface area contributed by atoms with Crippen molar-refractivity contribution in [1.82, 2.24) is 14.6 Å². The number of rotatable bonds is 4. The lowest BCUT2D eigenvalue weighted by Gasteiger charge is -2.35. The van der Waals surface area contributed by atoms with Crippen molar-refractivity contribution in [3.63, 3.8) is 0 Å². The molecule has 2 aromatic rings. The summed E-state index contributed by atoms with van der Waals surface area (Å²) in [6.45, 7) is 1.18. The van der Waals surface area contributed by atoms with Crippen molar-refractivity contribution in [3.05, 3.63) is 52.1 Å². The fourth-order valence-corrected chi connectivity index (χ4v) is 4.14. The zero-order valence-electron chi connectivity index (χ0n) is 14.9. The first kappa shape index (κ1) is 21.2. The molecule has 1 aliphatic rings. The Morgan fingerprint density at radius 1 is 1.07 bits per heavy atom. The van der Waals surface area contributed by atoms with Gasteiger partial charge in [0.25, 0.3) is 10.0 Å². The first-order valence-electron chi connectivity index (χ1n) is 8.38. The van der Waals surface area contributed by atoms with Crippen LogP contribution in [-0.2, 0) is 10.0 Å². The highest BCUT2D eigenvalue weighted by Crippen LogP contribution is 2.25. The molecule has 0 unspecified atom stereocenters. The van der Waals surface area contributed by atoms with E-state index in [0.29, 0.717) is 23.9 Å². The summed E-state index contributed by atoms with van der Waals surface area (Å²) in [7, 11) is -4.01. The number of carboxylic acids is 1. The summed E-state index contributed by atoms with van der Waals surface area (Å²) in [6, 6.07) is 6.04. The van der Waals surface area contributed by atoms with Gasteiger partial charge in [0.05, 0.1) is 15.5 Å². The number of aromatic carboxylic acids is 1. The van der Waals surface area contributed by atoms with Crippen LogP contribution in [0.25, 0.3) is 0 Å². The number of aromatic nitrogens is 1. The van der Waals surface area contributed by atoms with Gasteiger partial charge in [0.2, 0.25) is 0 Å². The number of sulfonamides is 1. The average molecular weight is 459 g/mol. The molecule has 1 saturated heterocycles. The van der Waals surface area contributed by atoms with Crippen LogP contribution in [0.15, 0.2) is 41.4 Å². The first-order valence-corrected chi connectivity index (χ1v) is 10.6. The number of nitrogens with zero attached hydrogens (tertiary/aromatic N) is 3. The van der Waals surface area contributed by atoms with Crippen molar-refractivity contribution in [2.75, 3.05) is 31.1 Å². The standard InChI is InChI=1S/C17H16Cl2N4O5S/c18-12-1-3-13(4-2-12)29(27,28)21-17(26)23-7-5-22(6-8-23)15-14(19)9-11(10-20-15)16(24)25/h1-4,9-10H,5-8H2,(H,21,26)(H,24,25). The predicted molar refractivity (Wildman–Crippen MR) is 107 cm³/mol. The molecule has 1 aromatic heterocycles. The lowest BCUT2D eigenvalue weighted by atomic mass is 10.2. The lowest BCUT2D eigenvalue weighted by molar-refractivity contribution is 0.0696. The molecular weight excluding hydrogens is 443 g/mol. The van der Waals surface area contributed by atoms with Gasteiger partial charge >= 0.3 is 12.0 Å². The SMILES string of the molecule is O=C(O)c1cnc(N2CCN(C(=O)NS(=O)(=O)c3ccc(Cl)cc3)CC2)c(Cl)c1. The summed E-state index contributed by atoms with van der Waals surface area (Å²) in [5.74, 6) is -0.722. The summed E-state index contributed by atoms with van der Waals surface area (Å²) in [5, 5.41) is 9.55. The van der Waals surface area contributed by atoms with Gasteiger partial charge in [0.15, 0.2) is 0 Å². The summed E-state index contributed by atoms with van der Waals surface area (Å²) in [4.78, 5) is 30.5. The molecule has 0 atom stereocenters. The fraction of sp³-hybridized carbons (Fsp3) is 0.235. The second-order valence-electron chi connectivity index (χ2n) is 6.17. The zero-order valence-corrected chi connectivity index (χ0v) is 17.2. The molecule has 9 nitrogen and oxygen atoms in total. The topological polar surface area (TPSA) is 120 Å². The minimum atomic E-state index is -4.01. The largest absolute Gasteiger partial charge is 0.478 e. The van der Waals surface area contributed by atoms with Crippen LogP contribution in [0.1, 0.15) is 10.4 Å². The molecule has 12 heteroatoms. The van der Waals surface area contributed by atoms with E-state index in [0.717, 1.165) is 0 Å². The second kappa shape index (κ2) is 8.44. The Balaban J connectivity index is 1.62. The van der Waals surface area contributed by atoms with E-state index in [2.05, 4.69) is 4.98 Å². The van der Waals surface area contributed by atoms with Gasteiger partial charge < -0.3 is 14.9 Å². The Morgan fingerprint density at radius 2 is 1.69 bits per heavy atom.